The summed E-state index contributed by atoms with van der Waals surface area (Å²) >= 11 is 0. The second-order valence-corrected chi connectivity index (χ2v) is 7.26. The molecule has 0 saturated heterocycles. The van der Waals surface area contributed by atoms with Gasteiger partial charge in [-0.05, 0) is 32.6 Å². The lowest BCUT2D eigenvalue weighted by Gasteiger charge is -2.13. The van der Waals surface area contributed by atoms with E-state index in [0.717, 1.165) is 0 Å². The van der Waals surface area contributed by atoms with Crippen LogP contribution >= 0.6 is 0 Å². The van der Waals surface area contributed by atoms with E-state index in [0.29, 0.717) is 25.7 Å². The first-order chi connectivity index (χ1) is 14.4. The quantitative estimate of drug-likeness (QED) is 0.451. The Morgan fingerprint density at radius 1 is 0.767 bits per heavy atom. The van der Waals surface area contributed by atoms with Crippen LogP contribution in [0.1, 0.15) is 39.0 Å². The van der Waals surface area contributed by atoms with E-state index in [1.165, 1.54) is 6.08 Å². The molecule has 5 atom stereocenters. The first-order valence-electron chi connectivity index (χ1n) is 10.3. The second kappa shape index (κ2) is 15.6. The number of hydrogen-bond donors (Lipinski definition) is 4. The maximum atomic E-state index is 11.8. The molecule has 1 heterocycles. The Balaban J connectivity index is 2.73. The summed E-state index contributed by atoms with van der Waals surface area (Å²) in [6, 6.07) is 0. The number of aliphatic hydroxyl groups excluding tert-OH is 4. The van der Waals surface area contributed by atoms with Gasteiger partial charge in [0.2, 0.25) is 0 Å². The fourth-order valence-electron chi connectivity index (χ4n) is 2.65. The SMILES string of the molecule is CC1CCC(O)C=CC=CC(O)CC(O)CC=CC=CC(O)CC=CC=CC(=O)O1. The molecule has 166 valence electrons. The molecular formula is C24H34O6. The predicted molar refractivity (Wildman–Crippen MR) is 118 cm³/mol. The third-order valence-corrected chi connectivity index (χ3v) is 4.32. The Labute approximate surface area is 178 Å². The van der Waals surface area contributed by atoms with Crippen molar-refractivity contribution in [1.29, 1.82) is 0 Å². The number of carbonyl (C=O) groups excluding carboxylic acids is 1. The third kappa shape index (κ3) is 13.8. The fourth-order valence-corrected chi connectivity index (χ4v) is 2.65. The molecule has 0 fully saturated rings. The lowest BCUT2D eigenvalue weighted by Crippen LogP contribution is -2.15. The van der Waals surface area contributed by atoms with Crippen molar-refractivity contribution in [3.63, 3.8) is 0 Å². The van der Waals surface area contributed by atoms with E-state index in [-0.39, 0.29) is 12.5 Å². The van der Waals surface area contributed by atoms with Crippen LogP contribution < -0.4 is 0 Å². The van der Waals surface area contributed by atoms with Crippen LogP contribution in [0.15, 0.2) is 72.9 Å². The summed E-state index contributed by atoms with van der Waals surface area (Å²) in [4.78, 5) is 11.8. The summed E-state index contributed by atoms with van der Waals surface area (Å²) in [7, 11) is 0. The summed E-state index contributed by atoms with van der Waals surface area (Å²) in [5, 5.41) is 39.7. The number of cyclic esters (lactones) is 1. The Morgan fingerprint density at radius 3 is 2.13 bits per heavy atom. The van der Waals surface area contributed by atoms with E-state index in [2.05, 4.69) is 0 Å². The van der Waals surface area contributed by atoms with Gasteiger partial charge in [0.15, 0.2) is 0 Å². The molecule has 0 aromatic heterocycles. The molecule has 0 aromatic carbocycles. The molecular weight excluding hydrogens is 384 g/mol. The molecule has 5 unspecified atom stereocenters. The summed E-state index contributed by atoms with van der Waals surface area (Å²) < 4.78 is 5.25. The Hall–Kier alpha value is -2.25. The van der Waals surface area contributed by atoms with Gasteiger partial charge in [0.1, 0.15) is 0 Å². The average Bonchev–Trinajstić information content (AvgIpc) is 2.68. The summed E-state index contributed by atoms with van der Waals surface area (Å²) in [5.41, 5.74) is 0. The molecule has 0 spiro atoms. The molecule has 1 aliphatic heterocycles. The first kappa shape index (κ1) is 25.8. The van der Waals surface area contributed by atoms with Gasteiger partial charge < -0.3 is 25.2 Å². The van der Waals surface area contributed by atoms with Crippen LogP contribution in [-0.4, -0.2) is 56.9 Å². The first-order valence-corrected chi connectivity index (χ1v) is 10.3. The molecule has 1 aliphatic rings. The highest BCUT2D eigenvalue weighted by Crippen LogP contribution is 2.08. The van der Waals surface area contributed by atoms with Gasteiger partial charge in [0.05, 0.1) is 30.5 Å². The summed E-state index contributed by atoms with van der Waals surface area (Å²) in [6.45, 7) is 1.76. The topological polar surface area (TPSA) is 107 Å². The largest absolute Gasteiger partial charge is 0.460 e. The molecule has 1 rings (SSSR count). The summed E-state index contributed by atoms with van der Waals surface area (Å²) in [5.74, 6) is -0.462. The monoisotopic (exact) mass is 418 g/mol. The molecule has 0 aromatic rings. The number of carbonyl (C=O) groups is 1. The van der Waals surface area contributed by atoms with Crippen molar-refractivity contribution < 1.29 is 30.0 Å². The average molecular weight is 419 g/mol. The molecule has 6 heteroatoms. The molecule has 0 aliphatic carbocycles. The van der Waals surface area contributed by atoms with Gasteiger partial charge in [-0.25, -0.2) is 4.79 Å². The zero-order chi connectivity index (χ0) is 22.2. The molecule has 0 bridgehead atoms. The molecule has 4 N–H and O–H groups in total. The van der Waals surface area contributed by atoms with E-state index in [4.69, 9.17) is 4.74 Å². The maximum Gasteiger partial charge on any atom is 0.331 e. The fraction of sp³-hybridized carbons (Fsp3) is 0.458. The van der Waals surface area contributed by atoms with Crippen molar-refractivity contribution in [3.05, 3.63) is 72.9 Å². The van der Waals surface area contributed by atoms with Crippen LogP contribution in [0.2, 0.25) is 0 Å². The van der Waals surface area contributed by atoms with Crippen molar-refractivity contribution in [2.75, 3.05) is 0 Å². The normalized spacial score (nSPS) is 30.7. The van der Waals surface area contributed by atoms with Crippen LogP contribution in [0.4, 0.5) is 0 Å². The van der Waals surface area contributed by atoms with Crippen LogP contribution in [0.25, 0.3) is 0 Å². The minimum absolute atomic E-state index is 0.199. The molecule has 0 amide bonds. The molecule has 6 nitrogen and oxygen atoms in total. The zero-order valence-electron chi connectivity index (χ0n) is 17.5. The van der Waals surface area contributed by atoms with Gasteiger partial charge in [0.25, 0.3) is 0 Å². The van der Waals surface area contributed by atoms with Crippen LogP contribution in [0.5, 0.6) is 0 Å². The Kier molecular flexibility index (Phi) is 13.4. The van der Waals surface area contributed by atoms with E-state index >= 15 is 0 Å². The predicted octanol–water partition coefficient (Wildman–Crippen LogP) is 2.66. The number of aliphatic hydroxyl groups is 4. The number of rotatable bonds is 0. The highest BCUT2D eigenvalue weighted by Gasteiger charge is 2.09. The van der Waals surface area contributed by atoms with Crippen LogP contribution in [-0.2, 0) is 9.53 Å². The maximum absolute atomic E-state index is 11.8. The van der Waals surface area contributed by atoms with Gasteiger partial charge in [-0.2, -0.15) is 0 Å². The standard InChI is InChI=1S/C24H34O6/c1-19-16-17-21(26)12-8-9-14-23(28)18-22(27)13-6-2-4-10-20(25)11-5-3-7-15-24(29)30-19/h2-10,12,14-15,19-23,25-28H,11,13,16-18H2,1H3. The van der Waals surface area contributed by atoms with Gasteiger partial charge in [-0.1, -0.05) is 66.8 Å². The highest BCUT2D eigenvalue weighted by atomic mass is 16.5. The van der Waals surface area contributed by atoms with Gasteiger partial charge in [-0.3, -0.25) is 0 Å². The van der Waals surface area contributed by atoms with Gasteiger partial charge >= 0.3 is 5.97 Å². The van der Waals surface area contributed by atoms with Crippen molar-refractivity contribution >= 4 is 5.97 Å². The van der Waals surface area contributed by atoms with E-state index < -0.39 is 30.4 Å². The molecule has 0 radical (unpaired) electrons. The van der Waals surface area contributed by atoms with Crippen LogP contribution in [0, 0.1) is 0 Å². The van der Waals surface area contributed by atoms with E-state index in [1.807, 2.05) is 0 Å². The highest BCUT2D eigenvalue weighted by molar-refractivity contribution is 5.82. The van der Waals surface area contributed by atoms with E-state index in [9.17, 15) is 25.2 Å². The van der Waals surface area contributed by atoms with Crippen molar-refractivity contribution in [1.82, 2.24) is 0 Å². The Bertz CT molecular complexity index is 659. The lowest BCUT2D eigenvalue weighted by molar-refractivity contribution is -0.142. The molecule has 30 heavy (non-hydrogen) atoms. The zero-order valence-corrected chi connectivity index (χ0v) is 17.5. The van der Waals surface area contributed by atoms with Crippen molar-refractivity contribution in [2.24, 2.45) is 0 Å². The minimum atomic E-state index is -0.794. The van der Waals surface area contributed by atoms with Gasteiger partial charge in [-0.15, -0.1) is 0 Å². The van der Waals surface area contributed by atoms with E-state index in [1.54, 1.807) is 73.8 Å². The second-order valence-electron chi connectivity index (χ2n) is 7.26. The lowest BCUT2D eigenvalue weighted by atomic mass is 10.1. The number of hydrogen-bond acceptors (Lipinski definition) is 6. The number of ether oxygens (including phenoxy) is 1. The summed E-state index contributed by atoms with van der Waals surface area (Å²) in [6.07, 6.45) is 18.3. The smallest absolute Gasteiger partial charge is 0.331 e. The number of esters is 1. The Morgan fingerprint density at radius 2 is 1.37 bits per heavy atom. The van der Waals surface area contributed by atoms with Gasteiger partial charge in [0, 0.05) is 12.5 Å². The molecule has 0 saturated carbocycles. The van der Waals surface area contributed by atoms with Crippen molar-refractivity contribution in [3.8, 4) is 0 Å². The number of allylic oxidation sites excluding steroid dienone is 6. The van der Waals surface area contributed by atoms with Crippen molar-refractivity contribution in [2.45, 2.75) is 69.5 Å². The van der Waals surface area contributed by atoms with Crippen LogP contribution in [0.3, 0.4) is 0 Å². The third-order valence-electron chi connectivity index (χ3n) is 4.32. The minimum Gasteiger partial charge on any atom is -0.460 e.